The van der Waals surface area contributed by atoms with Gasteiger partial charge in [-0.15, -0.1) is 0 Å². The summed E-state index contributed by atoms with van der Waals surface area (Å²) in [6.45, 7) is 0.526. The molecule has 2 aliphatic rings. The van der Waals surface area contributed by atoms with Gasteiger partial charge in [-0.25, -0.2) is 0 Å². The average molecular weight is 391 g/mol. The summed E-state index contributed by atoms with van der Waals surface area (Å²) in [5.41, 5.74) is 1.05. The van der Waals surface area contributed by atoms with Crippen LogP contribution in [0.5, 0.6) is 0 Å². The fourth-order valence-corrected chi connectivity index (χ4v) is 4.42. The summed E-state index contributed by atoms with van der Waals surface area (Å²) in [7, 11) is 0. The molecule has 1 aromatic rings. The van der Waals surface area contributed by atoms with E-state index in [9.17, 15) is 9.59 Å². The second-order valence-corrected chi connectivity index (χ2v) is 8.53. The Balaban J connectivity index is 1.39. The normalized spacial score (nSPS) is 24.0. The molecule has 148 valence electrons. The highest BCUT2D eigenvalue weighted by atomic mass is 35.5. The van der Waals surface area contributed by atoms with E-state index in [0.29, 0.717) is 17.6 Å². The molecule has 2 saturated carbocycles. The zero-order valence-corrected chi connectivity index (χ0v) is 16.8. The molecule has 0 saturated heterocycles. The first-order chi connectivity index (χ1) is 13.1. The molecule has 0 aromatic heterocycles. The molecule has 0 spiro atoms. The topological polar surface area (TPSA) is 58.2 Å². The molecule has 5 heteroatoms. The highest BCUT2D eigenvalue weighted by Gasteiger charge is 2.30. The first-order valence-electron chi connectivity index (χ1n) is 10.4. The third-order valence-electron chi connectivity index (χ3n) is 6.05. The van der Waals surface area contributed by atoms with E-state index in [2.05, 4.69) is 10.6 Å². The molecule has 4 nitrogen and oxygen atoms in total. The minimum atomic E-state index is 0.0271. The monoisotopic (exact) mass is 390 g/mol. The van der Waals surface area contributed by atoms with Gasteiger partial charge in [-0.3, -0.25) is 9.59 Å². The van der Waals surface area contributed by atoms with Gasteiger partial charge in [-0.05, 0) is 56.2 Å². The van der Waals surface area contributed by atoms with Gasteiger partial charge in [0.2, 0.25) is 11.8 Å². The maximum absolute atomic E-state index is 12.6. The van der Waals surface area contributed by atoms with Crippen molar-refractivity contribution >= 4 is 23.4 Å². The molecule has 0 atom stereocenters. The minimum absolute atomic E-state index is 0.0271. The Hall–Kier alpha value is -1.55. The van der Waals surface area contributed by atoms with E-state index < -0.39 is 0 Å². The second-order valence-electron chi connectivity index (χ2n) is 8.09. The van der Waals surface area contributed by atoms with Crippen molar-refractivity contribution < 1.29 is 9.59 Å². The predicted molar refractivity (Wildman–Crippen MR) is 108 cm³/mol. The van der Waals surface area contributed by atoms with Crippen molar-refractivity contribution in [1.82, 2.24) is 10.6 Å². The summed E-state index contributed by atoms with van der Waals surface area (Å²) in [6.07, 6.45) is 10.5. The van der Waals surface area contributed by atoms with Crippen molar-refractivity contribution in [2.45, 2.75) is 76.8 Å². The summed E-state index contributed by atoms with van der Waals surface area (Å²) < 4.78 is 0. The fraction of sp³-hybridized carbons (Fsp3) is 0.636. The number of hydrogen-bond acceptors (Lipinski definition) is 2. The van der Waals surface area contributed by atoms with Crippen LogP contribution in [0.3, 0.4) is 0 Å². The largest absolute Gasteiger partial charge is 0.353 e. The van der Waals surface area contributed by atoms with Crippen molar-refractivity contribution in [2.24, 2.45) is 11.8 Å². The van der Waals surface area contributed by atoms with E-state index in [4.69, 9.17) is 11.6 Å². The number of carbonyl (C=O) groups is 2. The number of nitrogens with one attached hydrogen (secondary N) is 2. The molecule has 1 aromatic carbocycles. The molecule has 3 rings (SSSR count). The Morgan fingerprint density at radius 3 is 1.96 bits per heavy atom. The Morgan fingerprint density at radius 2 is 1.37 bits per heavy atom. The van der Waals surface area contributed by atoms with Crippen molar-refractivity contribution in [1.29, 1.82) is 0 Å². The predicted octanol–water partition coefficient (Wildman–Crippen LogP) is 4.60. The number of hydrogen-bond donors (Lipinski definition) is 2. The molecule has 2 N–H and O–H groups in total. The van der Waals surface area contributed by atoms with Crippen LogP contribution in [0, 0.1) is 11.8 Å². The molecular weight excluding hydrogens is 360 g/mol. The maximum atomic E-state index is 12.6. The Kier molecular flexibility index (Phi) is 7.57. The second kappa shape index (κ2) is 10.1. The fourth-order valence-electron chi connectivity index (χ4n) is 4.30. The highest BCUT2D eigenvalue weighted by Crippen LogP contribution is 2.29. The minimum Gasteiger partial charge on any atom is -0.353 e. The SMILES string of the molecule is O=C(NCc1ccc(Cl)cc1)C1CCC(C(=O)NC2CCCCCC2)CC1. The summed E-state index contributed by atoms with van der Waals surface area (Å²) in [5.74, 6) is 0.419. The number of carbonyl (C=O) groups excluding carboxylic acids is 2. The first kappa shape index (κ1) is 20.2. The molecule has 0 bridgehead atoms. The van der Waals surface area contributed by atoms with Crippen LogP contribution in [0.15, 0.2) is 24.3 Å². The van der Waals surface area contributed by atoms with Gasteiger partial charge in [0.1, 0.15) is 0 Å². The number of amides is 2. The number of rotatable bonds is 5. The van der Waals surface area contributed by atoms with Crippen molar-refractivity contribution in [3.05, 3.63) is 34.9 Å². The van der Waals surface area contributed by atoms with Gasteiger partial charge in [0.15, 0.2) is 0 Å². The van der Waals surface area contributed by atoms with Gasteiger partial charge in [-0.2, -0.15) is 0 Å². The average Bonchev–Trinajstić information content (AvgIpc) is 2.96. The third-order valence-corrected chi connectivity index (χ3v) is 6.30. The molecule has 0 radical (unpaired) electrons. The standard InChI is InChI=1S/C22H31ClN2O2/c23-19-13-7-16(8-14-19)15-24-21(26)17-9-11-18(12-10-17)22(27)25-20-5-3-1-2-4-6-20/h7-8,13-14,17-18,20H,1-6,9-12,15H2,(H,24,26)(H,25,27). The lowest BCUT2D eigenvalue weighted by molar-refractivity contribution is -0.131. The van der Waals surface area contributed by atoms with Crippen LogP contribution in [0.1, 0.15) is 69.8 Å². The van der Waals surface area contributed by atoms with Gasteiger partial charge < -0.3 is 10.6 Å². The van der Waals surface area contributed by atoms with Crippen molar-refractivity contribution in [2.75, 3.05) is 0 Å². The quantitative estimate of drug-likeness (QED) is 0.721. The Labute approximate surface area is 167 Å². The number of benzene rings is 1. The molecule has 27 heavy (non-hydrogen) atoms. The highest BCUT2D eigenvalue weighted by molar-refractivity contribution is 6.30. The molecule has 0 aliphatic heterocycles. The lowest BCUT2D eigenvalue weighted by Crippen LogP contribution is -2.41. The van der Waals surface area contributed by atoms with Crippen molar-refractivity contribution in [3.63, 3.8) is 0 Å². The van der Waals surface area contributed by atoms with Gasteiger partial charge in [0, 0.05) is 29.4 Å². The Bertz CT molecular complexity index is 616. The van der Waals surface area contributed by atoms with Gasteiger partial charge in [-0.1, -0.05) is 49.4 Å². The van der Waals surface area contributed by atoms with E-state index >= 15 is 0 Å². The van der Waals surface area contributed by atoms with Crippen LogP contribution < -0.4 is 10.6 Å². The van der Waals surface area contributed by atoms with E-state index in [1.807, 2.05) is 24.3 Å². The smallest absolute Gasteiger partial charge is 0.223 e. The van der Waals surface area contributed by atoms with E-state index in [1.54, 1.807) is 0 Å². The zero-order chi connectivity index (χ0) is 19.1. The van der Waals surface area contributed by atoms with Gasteiger partial charge in [0.25, 0.3) is 0 Å². The van der Waals surface area contributed by atoms with E-state index in [0.717, 1.165) is 44.1 Å². The molecule has 2 fully saturated rings. The van der Waals surface area contributed by atoms with Crippen molar-refractivity contribution in [3.8, 4) is 0 Å². The van der Waals surface area contributed by atoms with Gasteiger partial charge in [0.05, 0.1) is 0 Å². The summed E-state index contributed by atoms with van der Waals surface area (Å²) in [6, 6.07) is 7.89. The maximum Gasteiger partial charge on any atom is 0.223 e. The Morgan fingerprint density at radius 1 is 0.815 bits per heavy atom. The molecule has 2 aliphatic carbocycles. The lowest BCUT2D eigenvalue weighted by atomic mass is 9.81. The summed E-state index contributed by atoms with van der Waals surface area (Å²) in [5, 5.41) is 7.00. The van der Waals surface area contributed by atoms with Crippen LogP contribution >= 0.6 is 11.6 Å². The third kappa shape index (κ3) is 6.24. The van der Waals surface area contributed by atoms with Gasteiger partial charge >= 0.3 is 0 Å². The van der Waals surface area contributed by atoms with Crippen LogP contribution in [-0.2, 0) is 16.1 Å². The van der Waals surface area contributed by atoms with E-state index in [-0.39, 0.29) is 23.7 Å². The first-order valence-corrected chi connectivity index (χ1v) is 10.8. The van der Waals surface area contributed by atoms with Crippen LogP contribution in [0.2, 0.25) is 5.02 Å². The molecule has 0 heterocycles. The zero-order valence-electron chi connectivity index (χ0n) is 16.0. The molecule has 0 unspecified atom stereocenters. The lowest BCUT2D eigenvalue weighted by Gasteiger charge is -2.28. The molecular formula is C22H31ClN2O2. The number of halogens is 1. The summed E-state index contributed by atoms with van der Waals surface area (Å²) in [4.78, 5) is 25.0. The van der Waals surface area contributed by atoms with E-state index in [1.165, 1.54) is 25.7 Å². The molecule has 2 amide bonds. The summed E-state index contributed by atoms with van der Waals surface area (Å²) >= 11 is 5.88. The van der Waals surface area contributed by atoms with Crippen LogP contribution in [0.25, 0.3) is 0 Å². The van der Waals surface area contributed by atoms with Crippen LogP contribution in [-0.4, -0.2) is 17.9 Å². The van der Waals surface area contributed by atoms with Crippen LogP contribution in [0.4, 0.5) is 0 Å².